The Morgan fingerprint density at radius 2 is 2.05 bits per heavy atom. The Morgan fingerprint density at radius 1 is 1.21 bits per heavy atom. The summed E-state index contributed by atoms with van der Waals surface area (Å²) in [5.74, 6) is 0.775. The van der Waals surface area contributed by atoms with E-state index in [-0.39, 0.29) is 6.29 Å². The number of hydrogen-bond donors (Lipinski definition) is 0. The normalized spacial score (nSPS) is 55.8. The van der Waals surface area contributed by atoms with Gasteiger partial charge in [-0.2, -0.15) is 0 Å². The number of fused-ring (bicyclic) bond motifs is 2. The van der Waals surface area contributed by atoms with Gasteiger partial charge in [-0.25, -0.2) is 9.78 Å². The Labute approximate surface area is 114 Å². The first-order chi connectivity index (χ1) is 9.05. The first kappa shape index (κ1) is 12.2. The Morgan fingerprint density at radius 3 is 2.89 bits per heavy atom. The van der Waals surface area contributed by atoms with E-state index in [1.165, 1.54) is 12.0 Å². The zero-order valence-corrected chi connectivity index (χ0v) is 11.8. The Bertz CT molecular complexity index is 434. The summed E-state index contributed by atoms with van der Waals surface area (Å²) in [6.45, 7) is 6.40. The number of ether oxygens (including phenoxy) is 2. The number of hydrogen-bond acceptors (Lipinski definition) is 4. The summed E-state index contributed by atoms with van der Waals surface area (Å²) in [4.78, 5) is 11.7. The molecule has 0 amide bonds. The van der Waals surface area contributed by atoms with Crippen molar-refractivity contribution in [2.24, 2.45) is 17.8 Å². The average molecular weight is 266 g/mol. The van der Waals surface area contributed by atoms with E-state index in [4.69, 9.17) is 19.2 Å². The summed E-state index contributed by atoms with van der Waals surface area (Å²) < 4.78 is 12.0. The lowest BCUT2D eigenvalue weighted by Gasteiger charge is -2.56. The minimum atomic E-state index is -0.656. The van der Waals surface area contributed by atoms with Crippen LogP contribution in [-0.2, 0) is 19.2 Å². The molecular weight excluding hydrogens is 244 g/mol. The third-order valence-corrected chi connectivity index (χ3v) is 5.65. The van der Waals surface area contributed by atoms with Crippen LogP contribution < -0.4 is 0 Å². The van der Waals surface area contributed by atoms with Gasteiger partial charge in [0.2, 0.25) is 12.1 Å². The molecule has 19 heavy (non-hydrogen) atoms. The predicted octanol–water partition coefficient (Wildman–Crippen LogP) is 3.14. The highest BCUT2D eigenvalue weighted by Gasteiger charge is 2.67. The minimum absolute atomic E-state index is 0.324. The molecule has 0 radical (unpaired) electrons. The van der Waals surface area contributed by atoms with E-state index in [1.807, 2.05) is 13.2 Å². The van der Waals surface area contributed by atoms with Gasteiger partial charge in [0.1, 0.15) is 0 Å². The second-order valence-electron chi connectivity index (χ2n) is 6.85. The Balaban J connectivity index is 1.85. The second kappa shape index (κ2) is 3.74. The second-order valence-corrected chi connectivity index (χ2v) is 6.85. The van der Waals surface area contributed by atoms with Gasteiger partial charge >= 0.3 is 0 Å². The van der Waals surface area contributed by atoms with Crippen LogP contribution in [-0.4, -0.2) is 17.7 Å². The van der Waals surface area contributed by atoms with Crippen molar-refractivity contribution in [2.75, 3.05) is 0 Å². The molecule has 4 fully saturated rings. The van der Waals surface area contributed by atoms with Crippen molar-refractivity contribution in [3.05, 3.63) is 11.8 Å². The van der Waals surface area contributed by atoms with Crippen molar-refractivity contribution >= 4 is 0 Å². The molecule has 1 saturated carbocycles. The highest BCUT2D eigenvalue weighted by Crippen LogP contribution is 2.59. The van der Waals surface area contributed by atoms with Crippen LogP contribution in [0.25, 0.3) is 0 Å². The van der Waals surface area contributed by atoms with E-state index in [1.54, 1.807) is 0 Å². The lowest BCUT2D eigenvalue weighted by molar-refractivity contribution is -0.555. The summed E-state index contributed by atoms with van der Waals surface area (Å²) in [7, 11) is 0. The average Bonchev–Trinajstić information content (AvgIpc) is 2.61. The van der Waals surface area contributed by atoms with Crippen molar-refractivity contribution in [2.45, 2.75) is 64.1 Å². The quantitative estimate of drug-likeness (QED) is 0.631. The van der Waals surface area contributed by atoms with Crippen LogP contribution in [0.15, 0.2) is 11.8 Å². The van der Waals surface area contributed by atoms with Crippen LogP contribution in [0.1, 0.15) is 46.5 Å². The van der Waals surface area contributed by atoms with E-state index >= 15 is 0 Å². The molecule has 0 aromatic heterocycles. The minimum Gasteiger partial charge on any atom is -0.469 e. The topological polar surface area (TPSA) is 36.9 Å². The molecule has 6 atom stereocenters. The van der Waals surface area contributed by atoms with Gasteiger partial charge in [-0.05, 0) is 44.6 Å². The first-order valence-corrected chi connectivity index (χ1v) is 7.42. The molecule has 0 aromatic carbocycles. The molecule has 5 rings (SSSR count). The summed E-state index contributed by atoms with van der Waals surface area (Å²) in [5.41, 5.74) is 0.817. The maximum Gasteiger partial charge on any atom is 0.235 e. The van der Waals surface area contributed by atoms with Gasteiger partial charge in [0.25, 0.3) is 0 Å². The molecule has 0 aromatic rings. The largest absolute Gasteiger partial charge is 0.469 e. The molecule has 2 bridgehead atoms. The van der Waals surface area contributed by atoms with Gasteiger partial charge < -0.3 is 9.47 Å². The third-order valence-electron chi connectivity index (χ3n) is 5.65. The molecule has 2 unspecified atom stereocenters. The molecule has 4 heterocycles. The van der Waals surface area contributed by atoms with Crippen LogP contribution in [0.4, 0.5) is 0 Å². The van der Waals surface area contributed by atoms with Crippen LogP contribution in [0.3, 0.4) is 0 Å². The zero-order chi connectivity index (χ0) is 13.3. The van der Waals surface area contributed by atoms with Crippen LogP contribution >= 0.6 is 0 Å². The smallest absolute Gasteiger partial charge is 0.235 e. The molecular formula is C15H22O4. The van der Waals surface area contributed by atoms with Gasteiger partial charge in [0, 0.05) is 18.3 Å². The fraction of sp³-hybridized carbons (Fsp3) is 0.867. The molecule has 106 valence electrons. The first-order valence-electron chi connectivity index (χ1n) is 7.42. The van der Waals surface area contributed by atoms with E-state index in [9.17, 15) is 0 Å². The summed E-state index contributed by atoms with van der Waals surface area (Å²) in [6, 6.07) is 0. The molecule has 0 N–H and O–H groups in total. The van der Waals surface area contributed by atoms with Crippen molar-refractivity contribution in [3.8, 4) is 0 Å². The highest BCUT2D eigenvalue weighted by molar-refractivity contribution is 5.19. The predicted molar refractivity (Wildman–Crippen MR) is 67.6 cm³/mol. The Kier molecular flexibility index (Phi) is 2.40. The SMILES string of the molecule is CC1=CO[C@@H]2O[C@]3(C)CC[C@H]4[C@H](C)CCC1C24OO3. The van der Waals surface area contributed by atoms with Gasteiger partial charge in [0.05, 0.1) is 6.26 Å². The van der Waals surface area contributed by atoms with Gasteiger partial charge in [-0.3, -0.25) is 0 Å². The lowest BCUT2D eigenvalue weighted by atomic mass is 9.60. The lowest BCUT2D eigenvalue weighted by Crippen LogP contribution is -2.66. The molecule has 5 aliphatic rings. The summed E-state index contributed by atoms with van der Waals surface area (Å²) in [5, 5.41) is 0. The standard InChI is InChI=1S/C15H22O4/c1-9-4-5-11-10(2)8-16-13-15(11)12(9)6-7-14(3,17-13)18-19-15/h8-9,11-13H,4-7H2,1-3H3/t9-,11?,12+,13-,14+,15?/m1/s1. The van der Waals surface area contributed by atoms with Crippen LogP contribution in [0.2, 0.25) is 0 Å². The van der Waals surface area contributed by atoms with Crippen LogP contribution in [0.5, 0.6) is 0 Å². The van der Waals surface area contributed by atoms with Crippen molar-refractivity contribution in [1.29, 1.82) is 0 Å². The number of rotatable bonds is 0. The van der Waals surface area contributed by atoms with E-state index in [0.29, 0.717) is 17.8 Å². The molecule has 4 heteroatoms. The third kappa shape index (κ3) is 1.45. The maximum absolute atomic E-state index is 6.11. The van der Waals surface area contributed by atoms with Crippen molar-refractivity contribution < 1.29 is 19.2 Å². The van der Waals surface area contributed by atoms with Crippen LogP contribution in [0, 0.1) is 17.8 Å². The molecule has 1 spiro atoms. The van der Waals surface area contributed by atoms with E-state index in [2.05, 4.69) is 13.8 Å². The molecule has 3 saturated heterocycles. The van der Waals surface area contributed by atoms with E-state index < -0.39 is 11.4 Å². The highest BCUT2D eigenvalue weighted by atomic mass is 17.3. The summed E-state index contributed by atoms with van der Waals surface area (Å²) in [6.07, 6.45) is 5.87. The van der Waals surface area contributed by atoms with E-state index in [0.717, 1.165) is 19.3 Å². The maximum atomic E-state index is 6.11. The zero-order valence-electron chi connectivity index (χ0n) is 11.8. The van der Waals surface area contributed by atoms with Crippen molar-refractivity contribution in [3.63, 3.8) is 0 Å². The fourth-order valence-corrected chi connectivity index (χ4v) is 4.55. The van der Waals surface area contributed by atoms with Gasteiger partial charge in [0.15, 0.2) is 5.60 Å². The fourth-order valence-electron chi connectivity index (χ4n) is 4.55. The molecule has 4 nitrogen and oxygen atoms in total. The summed E-state index contributed by atoms with van der Waals surface area (Å²) >= 11 is 0. The monoisotopic (exact) mass is 266 g/mol. The Hall–Kier alpha value is -0.580. The van der Waals surface area contributed by atoms with Gasteiger partial charge in [-0.1, -0.05) is 6.92 Å². The molecule has 4 aliphatic heterocycles. The molecule has 1 aliphatic carbocycles. The van der Waals surface area contributed by atoms with Crippen molar-refractivity contribution in [1.82, 2.24) is 0 Å². The van der Waals surface area contributed by atoms with Gasteiger partial charge in [-0.15, -0.1) is 0 Å².